The van der Waals surface area contributed by atoms with E-state index in [1.54, 1.807) is 0 Å². The lowest BCUT2D eigenvalue weighted by Crippen LogP contribution is -2.35. The van der Waals surface area contributed by atoms with Gasteiger partial charge in [-0.3, -0.25) is 4.79 Å². The topological polar surface area (TPSA) is 80.0 Å². The Hall–Kier alpha value is -1.30. The first-order chi connectivity index (χ1) is 8.31. The Morgan fingerprint density at radius 3 is 2.39 bits per heavy atom. The van der Waals surface area contributed by atoms with Crippen LogP contribution in [-0.4, -0.2) is 23.0 Å². The van der Waals surface area contributed by atoms with Crippen LogP contribution in [0.2, 0.25) is 0 Å². The van der Waals surface area contributed by atoms with Gasteiger partial charge >= 0.3 is 0 Å². The molecule has 1 aromatic rings. The third-order valence-electron chi connectivity index (χ3n) is 2.63. The first-order valence-corrected chi connectivity index (χ1v) is 6.96. The van der Waals surface area contributed by atoms with E-state index in [9.17, 15) is 4.79 Å². The molecule has 0 fully saturated rings. The minimum Gasteiger partial charge on any atom is -0.382 e. The summed E-state index contributed by atoms with van der Waals surface area (Å²) in [6.45, 7) is 10.1. The van der Waals surface area contributed by atoms with Crippen molar-refractivity contribution in [2.24, 2.45) is 5.92 Å². The Balaban J connectivity index is 2.77. The van der Waals surface area contributed by atoms with Crippen LogP contribution in [0.15, 0.2) is 0 Å². The van der Waals surface area contributed by atoms with Gasteiger partial charge in [-0.2, -0.15) is 0 Å². The fourth-order valence-electron chi connectivity index (χ4n) is 1.24. The zero-order chi connectivity index (χ0) is 13.9. The fraction of sp³-hybridized carbons (Fsp3) is 0.667. The van der Waals surface area contributed by atoms with Crippen LogP contribution in [0.4, 0.5) is 10.9 Å². The van der Waals surface area contributed by atoms with E-state index in [0.29, 0.717) is 15.9 Å². The number of carbonyl (C=O) groups excluding carboxylic acids is 1. The molecule has 0 radical (unpaired) electrons. The quantitative estimate of drug-likeness (QED) is 0.767. The van der Waals surface area contributed by atoms with Gasteiger partial charge in [0.05, 0.1) is 0 Å². The molecule has 0 aliphatic rings. The zero-order valence-corrected chi connectivity index (χ0v) is 12.4. The van der Waals surface area contributed by atoms with Crippen LogP contribution in [0, 0.1) is 5.92 Å². The molecule has 0 aliphatic heterocycles. The molecule has 5 nitrogen and oxygen atoms in total. The van der Waals surface area contributed by atoms with Crippen LogP contribution in [0.3, 0.4) is 0 Å². The highest BCUT2D eigenvalue weighted by Gasteiger charge is 2.19. The summed E-state index contributed by atoms with van der Waals surface area (Å²) in [6.07, 6.45) is 0. The maximum atomic E-state index is 12.0. The summed E-state index contributed by atoms with van der Waals surface area (Å²) in [5, 5.41) is 6.76. The first kappa shape index (κ1) is 14.8. The lowest BCUT2D eigenvalue weighted by molar-refractivity contribution is 0.0935. The second kappa shape index (κ2) is 6.04. The molecule has 0 saturated heterocycles. The molecule has 18 heavy (non-hydrogen) atoms. The molecule has 1 heterocycles. The van der Waals surface area contributed by atoms with Crippen molar-refractivity contribution in [3.63, 3.8) is 0 Å². The Labute approximate surface area is 112 Å². The number of hydrogen-bond acceptors (Lipinski definition) is 5. The average Bonchev–Trinajstić information content (AvgIpc) is 2.57. The van der Waals surface area contributed by atoms with E-state index in [-0.39, 0.29) is 23.8 Å². The van der Waals surface area contributed by atoms with Crippen LogP contribution in [0.25, 0.3) is 0 Å². The standard InChI is InChI=1S/C12H22N4OS/c1-6(2)8(5)15-11(17)9-10(13)16-12(18-9)14-7(3)4/h6-8H,13H2,1-5H3,(H,14,16)(H,15,17). The summed E-state index contributed by atoms with van der Waals surface area (Å²) < 4.78 is 0. The van der Waals surface area contributed by atoms with Crippen LogP contribution < -0.4 is 16.4 Å². The Morgan fingerprint density at radius 1 is 1.28 bits per heavy atom. The number of hydrogen-bond donors (Lipinski definition) is 3. The van der Waals surface area contributed by atoms with Gasteiger partial charge < -0.3 is 16.4 Å². The Morgan fingerprint density at radius 2 is 1.89 bits per heavy atom. The van der Waals surface area contributed by atoms with Gasteiger partial charge in [0.1, 0.15) is 10.7 Å². The predicted octanol–water partition coefficient (Wildman–Crippen LogP) is 2.32. The molecule has 1 unspecified atom stereocenters. The first-order valence-electron chi connectivity index (χ1n) is 6.15. The summed E-state index contributed by atoms with van der Waals surface area (Å²) in [7, 11) is 0. The van der Waals surface area contributed by atoms with Crippen molar-refractivity contribution in [1.29, 1.82) is 0 Å². The minimum atomic E-state index is -0.150. The molecule has 4 N–H and O–H groups in total. The number of aromatic nitrogens is 1. The van der Waals surface area contributed by atoms with Crippen LogP contribution in [-0.2, 0) is 0 Å². The Bertz CT molecular complexity index is 414. The zero-order valence-electron chi connectivity index (χ0n) is 11.6. The minimum absolute atomic E-state index is 0.112. The lowest BCUT2D eigenvalue weighted by atomic mass is 10.1. The van der Waals surface area contributed by atoms with Crippen LogP contribution in [0.5, 0.6) is 0 Å². The van der Waals surface area contributed by atoms with Crippen LogP contribution >= 0.6 is 11.3 Å². The summed E-state index contributed by atoms with van der Waals surface area (Å²) >= 11 is 1.29. The normalized spacial score (nSPS) is 12.8. The molecule has 0 saturated carbocycles. The van der Waals surface area contributed by atoms with E-state index in [2.05, 4.69) is 29.5 Å². The van der Waals surface area contributed by atoms with Gasteiger partial charge in [-0.1, -0.05) is 25.2 Å². The van der Waals surface area contributed by atoms with Gasteiger partial charge in [0, 0.05) is 12.1 Å². The molecular formula is C12H22N4OS. The predicted molar refractivity (Wildman–Crippen MR) is 77.1 cm³/mol. The molecular weight excluding hydrogens is 248 g/mol. The SMILES string of the molecule is CC(C)Nc1nc(N)c(C(=O)NC(C)C(C)C)s1. The molecule has 0 aliphatic carbocycles. The van der Waals surface area contributed by atoms with E-state index in [4.69, 9.17) is 5.73 Å². The van der Waals surface area contributed by atoms with Gasteiger partial charge in [-0.15, -0.1) is 0 Å². The number of thiazole rings is 1. The van der Waals surface area contributed by atoms with Crippen molar-refractivity contribution in [1.82, 2.24) is 10.3 Å². The third-order valence-corrected chi connectivity index (χ3v) is 3.63. The molecule has 1 amide bonds. The maximum absolute atomic E-state index is 12.0. The highest BCUT2D eigenvalue weighted by molar-refractivity contribution is 7.18. The molecule has 102 valence electrons. The monoisotopic (exact) mass is 270 g/mol. The fourth-order valence-corrected chi connectivity index (χ4v) is 2.18. The van der Waals surface area contributed by atoms with Crippen molar-refractivity contribution in [2.45, 2.75) is 46.7 Å². The largest absolute Gasteiger partial charge is 0.382 e. The van der Waals surface area contributed by atoms with Crippen molar-refractivity contribution in [2.75, 3.05) is 11.1 Å². The lowest BCUT2D eigenvalue weighted by Gasteiger charge is -2.16. The van der Waals surface area contributed by atoms with Gasteiger partial charge in [0.15, 0.2) is 5.13 Å². The third kappa shape index (κ3) is 3.87. The number of nitrogens with zero attached hydrogens (tertiary/aromatic N) is 1. The van der Waals surface area contributed by atoms with Crippen LogP contribution in [0.1, 0.15) is 44.3 Å². The summed E-state index contributed by atoms with van der Waals surface area (Å²) in [5.74, 6) is 0.524. The second-order valence-electron chi connectivity index (χ2n) is 5.04. The van der Waals surface area contributed by atoms with E-state index >= 15 is 0 Å². The number of nitrogen functional groups attached to an aromatic ring is 1. The highest BCUT2D eigenvalue weighted by atomic mass is 32.1. The van der Waals surface area contributed by atoms with Gasteiger partial charge in [-0.25, -0.2) is 4.98 Å². The van der Waals surface area contributed by atoms with E-state index < -0.39 is 0 Å². The summed E-state index contributed by atoms with van der Waals surface area (Å²) in [4.78, 5) is 16.7. The van der Waals surface area contributed by atoms with E-state index in [1.165, 1.54) is 11.3 Å². The van der Waals surface area contributed by atoms with Gasteiger partial charge in [0.25, 0.3) is 5.91 Å². The van der Waals surface area contributed by atoms with E-state index in [0.717, 1.165) is 0 Å². The van der Waals surface area contributed by atoms with Crippen molar-refractivity contribution in [3.8, 4) is 0 Å². The number of anilines is 2. The highest BCUT2D eigenvalue weighted by Crippen LogP contribution is 2.25. The maximum Gasteiger partial charge on any atom is 0.265 e. The average molecular weight is 270 g/mol. The van der Waals surface area contributed by atoms with Crippen molar-refractivity contribution < 1.29 is 4.79 Å². The molecule has 0 spiro atoms. The van der Waals surface area contributed by atoms with Crippen molar-refractivity contribution >= 4 is 28.2 Å². The van der Waals surface area contributed by atoms with Crippen molar-refractivity contribution in [3.05, 3.63) is 4.88 Å². The molecule has 0 bridgehead atoms. The van der Waals surface area contributed by atoms with E-state index in [1.807, 2.05) is 20.8 Å². The second-order valence-corrected chi connectivity index (χ2v) is 6.04. The molecule has 0 aromatic carbocycles. The molecule has 1 rings (SSSR count). The summed E-state index contributed by atoms with van der Waals surface area (Å²) in [5.41, 5.74) is 5.77. The smallest absolute Gasteiger partial charge is 0.265 e. The van der Waals surface area contributed by atoms with Gasteiger partial charge in [0.2, 0.25) is 0 Å². The number of nitrogens with one attached hydrogen (secondary N) is 2. The van der Waals surface area contributed by atoms with Gasteiger partial charge in [-0.05, 0) is 26.7 Å². The number of carbonyl (C=O) groups is 1. The number of nitrogens with two attached hydrogens (primary N) is 1. The molecule has 1 atom stereocenters. The molecule has 6 heteroatoms. The number of rotatable bonds is 5. The summed E-state index contributed by atoms with van der Waals surface area (Å²) in [6, 6.07) is 0.376. The number of amides is 1. The molecule has 1 aromatic heterocycles. The Kier molecular flexibility index (Phi) is 4.95.